The van der Waals surface area contributed by atoms with E-state index in [1.54, 1.807) is 14.0 Å². The third-order valence-electron chi connectivity index (χ3n) is 17.7. The third kappa shape index (κ3) is 8.27. The lowest BCUT2D eigenvalue weighted by molar-refractivity contribution is -0.371. The van der Waals surface area contributed by atoms with Crippen LogP contribution in [0.4, 0.5) is 0 Å². The maximum absolute atomic E-state index is 11.4. The molecule has 0 radical (unpaired) electrons. The van der Waals surface area contributed by atoms with E-state index in [2.05, 4.69) is 26.8 Å². The van der Waals surface area contributed by atoms with Crippen LogP contribution in [0.3, 0.4) is 0 Å². The van der Waals surface area contributed by atoms with E-state index in [0.717, 1.165) is 31.3 Å². The van der Waals surface area contributed by atoms with Crippen molar-refractivity contribution < 1.29 is 89.0 Å². The number of aliphatic hydroxyl groups excluding tert-OH is 10. The number of allylic oxidation sites excluding steroid dienone is 1. The number of fused-ring (bicyclic) bond motifs is 7. The van der Waals surface area contributed by atoms with Crippen molar-refractivity contribution in [2.24, 2.45) is 46.3 Å². The molecule has 0 bridgehead atoms. The average Bonchev–Trinajstić information content (AvgIpc) is 3.72. The smallest absolute Gasteiger partial charge is 0.187 e. The van der Waals surface area contributed by atoms with Gasteiger partial charge in [-0.3, -0.25) is 0 Å². The lowest BCUT2D eigenvalue weighted by Crippen LogP contribution is -2.64. The number of aliphatic hydroxyl groups is 10. The van der Waals surface area contributed by atoms with Crippen molar-refractivity contribution in [1.29, 1.82) is 0 Å². The monoisotopic (exact) mass is 917 g/mol. The molecule has 8 aliphatic rings. The van der Waals surface area contributed by atoms with Gasteiger partial charge < -0.3 is 89.0 Å². The molecule has 8 rings (SSSR count). The van der Waals surface area contributed by atoms with Crippen LogP contribution in [0.15, 0.2) is 11.6 Å². The maximum atomic E-state index is 11.4. The van der Waals surface area contributed by atoms with Crippen LogP contribution in [-0.4, -0.2) is 188 Å². The largest absolute Gasteiger partial charge is 0.394 e. The van der Waals surface area contributed by atoms with Gasteiger partial charge in [0.2, 0.25) is 0 Å². The Labute approximate surface area is 375 Å². The van der Waals surface area contributed by atoms with E-state index in [4.69, 9.17) is 37.9 Å². The highest BCUT2D eigenvalue weighted by Gasteiger charge is 2.69. The first-order valence-corrected chi connectivity index (χ1v) is 23.7. The SMILES string of the molecule is CO[C@]1(CC[C@H](C)CO[C@@H]2O[C@H](CO)[C@@H](O)[C@H](O)[C@H]2O)O[C@H]2C[C@H]3[C@@H]4CC=C5C[C@@H](O)C[C@@H](O[C@@H]6O[C@H](C)[C@H](O)[C@H](O)[C@H]6O[C@@H]6O[C@@H](C)[C@H](O)[C@@H](O)[C@H]6O)[C@]5(C)[C@H]4CC[C@]3(C)[C@H]2[C@@H]1C. The Morgan fingerprint density at radius 1 is 0.766 bits per heavy atom. The second kappa shape index (κ2) is 18.7. The summed E-state index contributed by atoms with van der Waals surface area (Å²) in [5, 5.41) is 106. The Kier molecular flexibility index (Phi) is 14.5. The van der Waals surface area contributed by atoms with E-state index in [9.17, 15) is 51.1 Å². The van der Waals surface area contributed by atoms with Crippen LogP contribution in [0.1, 0.15) is 92.9 Å². The molecule has 18 nitrogen and oxygen atoms in total. The highest BCUT2D eigenvalue weighted by molar-refractivity contribution is 5.29. The minimum Gasteiger partial charge on any atom is -0.394 e. The summed E-state index contributed by atoms with van der Waals surface area (Å²) < 4.78 is 49.7. The molecule has 10 N–H and O–H groups in total. The van der Waals surface area contributed by atoms with Crippen molar-refractivity contribution in [2.45, 2.75) is 209 Å². The molecule has 0 unspecified atom stereocenters. The Bertz CT molecular complexity index is 1640. The highest BCUT2D eigenvalue weighted by atomic mass is 16.8. The van der Waals surface area contributed by atoms with Gasteiger partial charge in [-0.05, 0) is 87.4 Å². The van der Waals surface area contributed by atoms with Gasteiger partial charge in [0, 0.05) is 31.3 Å². The fraction of sp³-hybridized carbons (Fsp3) is 0.957. The topological polar surface area (TPSA) is 276 Å². The molecule has 4 aliphatic heterocycles. The standard InChI is InChI=1S/C46H76O18/c1-19(18-58-41-38(55)36(53)34(51)29(17-47)61-41)10-13-46(57-7)20(2)31-28(64-46)16-27-25-9-8-23-14-24(48)15-30(45(23,6)26(25)11-12-44(27,31)5)62-43-40(37(54)33(50)22(4)60-43)63-42-39(56)35(52)32(49)21(3)59-42/h8,19-22,24-43,47-56H,9-18H2,1-7H3/t19-,20-,21-,22+,24+,25+,26-,27-,28-,29+,30+,31-,32-,33-,34+,35+,36-,37-,38+,39+,40+,41+,42-,43-,44-,45-,46+/m0/s1. The molecule has 4 heterocycles. The van der Waals surface area contributed by atoms with E-state index in [1.165, 1.54) is 6.92 Å². The fourth-order valence-corrected chi connectivity index (χ4v) is 13.9. The zero-order chi connectivity index (χ0) is 46.4. The van der Waals surface area contributed by atoms with Gasteiger partial charge in [-0.2, -0.15) is 0 Å². The molecule has 3 saturated carbocycles. The van der Waals surface area contributed by atoms with Crippen molar-refractivity contribution >= 4 is 0 Å². The molecule has 7 fully saturated rings. The molecular weight excluding hydrogens is 840 g/mol. The van der Waals surface area contributed by atoms with Crippen LogP contribution in [0.2, 0.25) is 0 Å². The first-order valence-electron chi connectivity index (χ1n) is 23.7. The van der Waals surface area contributed by atoms with Gasteiger partial charge in [-0.1, -0.05) is 39.3 Å². The molecule has 0 amide bonds. The Balaban J connectivity index is 0.956. The third-order valence-corrected chi connectivity index (χ3v) is 17.7. The molecule has 0 aromatic carbocycles. The number of rotatable bonds is 12. The summed E-state index contributed by atoms with van der Waals surface area (Å²) in [7, 11) is 1.71. The number of hydrogen-bond acceptors (Lipinski definition) is 18. The van der Waals surface area contributed by atoms with Crippen LogP contribution in [-0.2, 0) is 37.9 Å². The second-order valence-electron chi connectivity index (χ2n) is 21.3. The van der Waals surface area contributed by atoms with Gasteiger partial charge in [-0.25, -0.2) is 0 Å². The molecule has 0 aromatic rings. The van der Waals surface area contributed by atoms with Gasteiger partial charge >= 0.3 is 0 Å². The molecule has 0 aromatic heterocycles. The Hall–Kier alpha value is -0.980. The van der Waals surface area contributed by atoms with Gasteiger partial charge in [0.25, 0.3) is 0 Å². The average molecular weight is 917 g/mol. The van der Waals surface area contributed by atoms with E-state index >= 15 is 0 Å². The van der Waals surface area contributed by atoms with Gasteiger partial charge in [0.1, 0.15) is 61.0 Å². The Morgan fingerprint density at radius 2 is 1.42 bits per heavy atom. The molecular formula is C46H76O18. The first kappa shape index (κ1) is 49.4. The number of ether oxygens (including phenoxy) is 8. The summed E-state index contributed by atoms with van der Waals surface area (Å²) in [4.78, 5) is 0. The van der Waals surface area contributed by atoms with Crippen LogP contribution >= 0.6 is 0 Å². The van der Waals surface area contributed by atoms with Crippen molar-refractivity contribution in [2.75, 3.05) is 20.3 Å². The summed E-state index contributed by atoms with van der Waals surface area (Å²) in [6.45, 7) is 11.7. The van der Waals surface area contributed by atoms with Gasteiger partial charge in [0.15, 0.2) is 24.7 Å². The lowest BCUT2D eigenvalue weighted by atomic mass is 9.46. The lowest BCUT2D eigenvalue weighted by Gasteiger charge is -2.60. The molecule has 64 heavy (non-hydrogen) atoms. The summed E-state index contributed by atoms with van der Waals surface area (Å²) in [5.74, 6) is 0.298. The molecule has 18 heteroatoms. The van der Waals surface area contributed by atoms with Crippen LogP contribution in [0.5, 0.6) is 0 Å². The maximum Gasteiger partial charge on any atom is 0.187 e. The summed E-state index contributed by atoms with van der Waals surface area (Å²) in [6, 6.07) is 0. The summed E-state index contributed by atoms with van der Waals surface area (Å²) >= 11 is 0. The number of hydrogen-bond donors (Lipinski definition) is 10. The van der Waals surface area contributed by atoms with E-state index < -0.39 is 122 Å². The van der Waals surface area contributed by atoms with E-state index in [1.807, 2.05) is 6.92 Å². The van der Waals surface area contributed by atoms with Crippen LogP contribution in [0.25, 0.3) is 0 Å². The van der Waals surface area contributed by atoms with E-state index in [0.29, 0.717) is 31.6 Å². The van der Waals surface area contributed by atoms with Crippen LogP contribution < -0.4 is 0 Å². The van der Waals surface area contributed by atoms with Crippen molar-refractivity contribution in [3.8, 4) is 0 Å². The molecule has 368 valence electrons. The summed E-state index contributed by atoms with van der Waals surface area (Å²) in [6.07, 6.45) is -13.2. The van der Waals surface area contributed by atoms with Crippen molar-refractivity contribution in [3.63, 3.8) is 0 Å². The minimum absolute atomic E-state index is 0.00208. The highest BCUT2D eigenvalue weighted by Crippen LogP contribution is 2.70. The second-order valence-corrected chi connectivity index (χ2v) is 21.3. The van der Waals surface area contributed by atoms with Gasteiger partial charge in [-0.15, -0.1) is 0 Å². The zero-order valence-corrected chi connectivity index (χ0v) is 38.2. The van der Waals surface area contributed by atoms with Crippen molar-refractivity contribution in [3.05, 3.63) is 11.6 Å². The quantitative estimate of drug-likeness (QED) is 0.114. The predicted molar refractivity (Wildman–Crippen MR) is 222 cm³/mol. The molecule has 4 aliphatic carbocycles. The normalized spacial score (nSPS) is 55.5. The predicted octanol–water partition coefficient (Wildman–Crippen LogP) is -0.179. The van der Waals surface area contributed by atoms with E-state index in [-0.39, 0.29) is 47.7 Å². The van der Waals surface area contributed by atoms with Crippen molar-refractivity contribution in [1.82, 2.24) is 0 Å². The first-order chi connectivity index (χ1) is 30.2. The summed E-state index contributed by atoms with van der Waals surface area (Å²) in [5.41, 5.74) is 0.559. The molecule has 4 saturated heterocycles. The molecule has 27 atom stereocenters. The van der Waals surface area contributed by atoms with Crippen LogP contribution in [0, 0.1) is 46.3 Å². The fourth-order valence-electron chi connectivity index (χ4n) is 13.9. The molecule has 0 spiro atoms. The minimum atomic E-state index is -1.65. The van der Waals surface area contributed by atoms with Gasteiger partial charge in [0.05, 0.1) is 43.7 Å². The number of methoxy groups -OCH3 is 1. The zero-order valence-electron chi connectivity index (χ0n) is 38.2. The Morgan fingerprint density at radius 3 is 2.11 bits per heavy atom.